The molecule has 266 valence electrons. The molecule has 0 atom stereocenters. The molecule has 0 fully saturated rings. The normalized spacial score (nSPS) is 11.6. The van der Waals surface area contributed by atoms with Gasteiger partial charge in [0.2, 0.25) is 15.7 Å². The lowest BCUT2D eigenvalue weighted by molar-refractivity contribution is -0.137. The summed E-state index contributed by atoms with van der Waals surface area (Å²) in [5, 5.41) is 22.5. The minimum absolute atomic E-state index is 0.0457. The Morgan fingerprint density at radius 3 is 2.14 bits per heavy atom. The number of benzene rings is 2. The van der Waals surface area contributed by atoms with Crippen molar-refractivity contribution < 1.29 is 32.6 Å². The predicted octanol–water partition coefficient (Wildman–Crippen LogP) is 9.05. The summed E-state index contributed by atoms with van der Waals surface area (Å²) < 4.78 is 33.7. The zero-order valence-corrected chi connectivity index (χ0v) is 31.3. The SMILES string of the molecule is CSc1sc(C(=N)NC(=O)OC(C)(C)C)cc1S(=O)(=O)c1cccc(-c2c(C)cccc2NC(=O)CCCCCCCCCCC(=O)O)c1. The molecule has 1 aromatic heterocycles. The van der Waals surface area contributed by atoms with E-state index in [4.69, 9.17) is 15.3 Å². The highest BCUT2D eigenvalue weighted by Gasteiger charge is 2.27. The molecule has 13 heteroatoms. The summed E-state index contributed by atoms with van der Waals surface area (Å²) in [6.07, 6.45) is 9.06. The van der Waals surface area contributed by atoms with E-state index in [0.29, 0.717) is 28.3 Å². The van der Waals surface area contributed by atoms with Crippen molar-refractivity contribution in [2.24, 2.45) is 0 Å². The smallest absolute Gasteiger partial charge is 0.413 e. The minimum Gasteiger partial charge on any atom is -0.481 e. The largest absolute Gasteiger partial charge is 0.481 e. The molecule has 0 spiro atoms. The van der Waals surface area contributed by atoms with E-state index in [2.05, 4.69) is 10.6 Å². The van der Waals surface area contributed by atoms with Crippen LogP contribution in [-0.2, 0) is 24.2 Å². The molecule has 0 radical (unpaired) electrons. The van der Waals surface area contributed by atoms with E-state index in [1.54, 1.807) is 39.2 Å². The second-order valence-corrected chi connectivity index (χ2v) is 16.8. The quantitative estimate of drug-likeness (QED) is 0.0463. The maximum atomic E-state index is 14.0. The van der Waals surface area contributed by atoms with Crippen molar-refractivity contribution in [2.45, 2.75) is 112 Å². The number of alkyl carbamates (subject to hydrolysis) is 1. The molecule has 1 heterocycles. The Morgan fingerprint density at radius 1 is 0.918 bits per heavy atom. The van der Waals surface area contributed by atoms with Crippen molar-refractivity contribution in [2.75, 3.05) is 11.6 Å². The molecule has 49 heavy (non-hydrogen) atoms. The number of ether oxygens (including phenoxy) is 1. The fraction of sp³-hybridized carbons (Fsp3) is 0.444. The number of aryl methyl sites for hydroxylation is 1. The van der Waals surface area contributed by atoms with Crippen molar-refractivity contribution in [3.8, 4) is 11.1 Å². The van der Waals surface area contributed by atoms with Crippen molar-refractivity contribution in [3.05, 3.63) is 59.0 Å². The number of hydrogen-bond donors (Lipinski definition) is 4. The van der Waals surface area contributed by atoms with Gasteiger partial charge in [0, 0.05) is 24.1 Å². The van der Waals surface area contributed by atoms with Crippen molar-refractivity contribution in [3.63, 3.8) is 0 Å². The van der Waals surface area contributed by atoms with E-state index in [1.807, 2.05) is 31.2 Å². The number of carboxylic acid groups (broad SMARTS) is 1. The van der Waals surface area contributed by atoms with Crippen LogP contribution in [-0.4, -0.2) is 49.2 Å². The molecule has 3 rings (SSSR count). The Morgan fingerprint density at radius 2 is 1.53 bits per heavy atom. The van der Waals surface area contributed by atoms with Crippen LogP contribution in [0.2, 0.25) is 0 Å². The van der Waals surface area contributed by atoms with Gasteiger partial charge >= 0.3 is 12.1 Å². The Bertz CT molecular complexity index is 1740. The zero-order chi connectivity index (χ0) is 36.2. The van der Waals surface area contributed by atoms with Crippen LogP contribution >= 0.6 is 23.1 Å². The second-order valence-electron chi connectivity index (χ2n) is 12.8. The van der Waals surface area contributed by atoms with Gasteiger partial charge in [0.05, 0.1) is 18.9 Å². The summed E-state index contributed by atoms with van der Waals surface area (Å²) in [6, 6.07) is 13.6. The van der Waals surface area contributed by atoms with Gasteiger partial charge in [0.1, 0.15) is 11.4 Å². The predicted molar refractivity (Wildman–Crippen MR) is 197 cm³/mol. The summed E-state index contributed by atoms with van der Waals surface area (Å²) in [6.45, 7) is 7.04. The molecule has 2 amide bonds. The van der Waals surface area contributed by atoms with Crippen LogP contribution in [0.25, 0.3) is 11.1 Å². The molecule has 0 aliphatic carbocycles. The number of carboxylic acids is 1. The van der Waals surface area contributed by atoms with Gasteiger partial charge in [-0.25, -0.2) is 13.2 Å². The maximum Gasteiger partial charge on any atom is 0.413 e. The first-order valence-corrected chi connectivity index (χ1v) is 19.9. The molecule has 4 N–H and O–H groups in total. The number of amides is 2. The third-order valence-electron chi connectivity index (χ3n) is 7.54. The van der Waals surface area contributed by atoms with Gasteiger partial charge in [-0.15, -0.1) is 23.1 Å². The lowest BCUT2D eigenvalue weighted by Gasteiger charge is -2.19. The van der Waals surface area contributed by atoms with E-state index >= 15 is 0 Å². The number of carbonyl (C=O) groups is 3. The number of hydrogen-bond acceptors (Lipinski definition) is 9. The van der Waals surface area contributed by atoms with Gasteiger partial charge in [-0.2, -0.15) is 0 Å². The average Bonchev–Trinajstić information content (AvgIpc) is 3.47. The molecule has 0 unspecified atom stereocenters. The van der Waals surface area contributed by atoms with Crippen molar-refractivity contribution in [1.29, 1.82) is 5.41 Å². The number of unbranched alkanes of at least 4 members (excludes halogenated alkanes) is 7. The highest BCUT2D eigenvalue weighted by molar-refractivity contribution is 8.01. The van der Waals surface area contributed by atoms with E-state index < -0.39 is 27.5 Å². The Hall–Kier alpha value is -3.68. The van der Waals surface area contributed by atoms with Crippen LogP contribution in [0.5, 0.6) is 0 Å². The monoisotopic (exact) mass is 729 g/mol. The molecule has 0 aliphatic rings. The van der Waals surface area contributed by atoms with Crippen LogP contribution in [0.3, 0.4) is 0 Å². The van der Waals surface area contributed by atoms with E-state index in [1.165, 1.54) is 23.9 Å². The average molecular weight is 730 g/mol. The summed E-state index contributed by atoms with van der Waals surface area (Å²) in [7, 11) is -4.02. The zero-order valence-electron chi connectivity index (χ0n) is 28.8. The molecule has 3 aromatic rings. The molecular formula is C36H47N3O7S3. The van der Waals surface area contributed by atoms with E-state index in [-0.39, 0.29) is 32.8 Å². The van der Waals surface area contributed by atoms with Crippen molar-refractivity contribution >= 4 is 62.4 Å². The van der Waals surface area contributed by atoms with Crippen LogP contribution < -0.4 is 10.6 Å². The van der Waals surface area contributed by atoms with Gasteiger partial charge < -0.3 is 15.2 Å². The Balaban J connectivity index is 1.70. The number of thioether (sulfide) groups is 1. The number of thiophene rings is 1. The Labute approximate surface area is 297 Å². The number of sulfone groups is 1. The van der Waals surface area contributed by atoms with Crippen LogP contribution in [0, 0.1) is 12.3 Å². The molecule has 0 aliphatic heterocycles. The molecular weight excluding hydrogens is 683 g/mol. The number of carbonyl (C=O) groups excluding carboxylic acids is 2. The van der Waals surface area contributed by atoms with Gasteiger partial charge in [-0.1, -0.05) is 62.8 Å². The molecule has 0 bridgehead atoms. The highest BCUT2D eigenvalue weighted by atomic mass is 32.2. The maximum absolute atomic E-state index is 14.0. The Kier molecular flexibility index (Phi) is 14.9. The number of nitrogens with one attached hydrogen (secondary N) is 3. The second kappa shape index (κ2) is 18.4. The van der Waals surface area contributed by atoms with E-state index in [0.717, 1.165) is 67.4 Å². The standard InChI is InChI=1S/C36H47N3O7S3/c1-24-16-14-19-27(38-30(40)20-12-10-8-6-7-9-11-13-21-31(41)42)32(24)25-17-15-18-26(22-25)49(44,45)29-23-28(48-34(29)47-5)33(37)39-35(43)46-36(2,3)4/h14-19,22-23H,6-13,20-21H2,1-5H3,(H,38,40)(H,41,42)(H2,37,39,43). The topological polar surface area (TPSA) is 163 Å². The summed E-state index contributed by atoms with van der Waals surface area (Å²) in [5.74, 6) is -1.11. The first-order valence-electron chi connectivity index (χ1n) is 16.4. The number of aliphatic carboxylic acids is 1. The fourth-order valence-electron chi connectivity index (χ4n) is 5.21. The van der Waals surface area contributed by atoms with E-state index in [9.17, 15) is 22.8 Å². The highest BCUT2D eigenvalue weighted by Crippen LogP contribution is 2.39. The summed E-state index contributed by atoms with van der Waals surface area (Å²) >= 11 is 2.35. The van der Waals surface area contributed by atoms with Crippen LogP contribution in [0.15, 0.2) is 62.5 Å². The van der Waals surface area contributed by atoms with Crippen LogP contribution in [0.4, 0.5) is 10.5 Å². The third-order valence-corrected chi connectivity index (χ3v) is 11.9. The van der Waals surface area contributed by atoms with Gasteiger partial charge in [-0.05, 0) is 82.2 Å². The number of anilines is 1. The fourth-order valence-corrected chi connectivity index (χ4v) is 9.16. The third kappa shape index (κ3) is 12.3. The number of rotatable bonds is 17. The first-order chi connectivity index (χ1) is 23.1. The molecule has 2 aromatic carbocycles. The molecule has 0 saturated carbocycles. The van der Waals surface area contributed by atoms with Gasteiger partial charge in [0.25, 0.3) is 0 Å². The molecule has 10 nitrogen and oxygen atoms in total. The first kappa shape index (κ1) is 39.8. The van der Waals surface area contributed by atoms with Gasteiger partial charge in [-0.3, -0.25) is 20.3 Å². The lowest BCUT2D eigenvalue weighted by atomic mass is 9.98. The molecule has 0 saturated heterocycles. The van der Waals surface area contributed by atoms with Crippen molar-refractivity contribution in [1.82, 2.24) is 5.32 Å². The summed E-state index contributed by atoms with van der Waals surface area (Å²) in [4.78, 5) is 36.2. The minimum atomic E-state index is -4.02. The number of amidine groups is 1. The van der Waals surface area contributed by atoms with Gasteiger partial charge in [0.15, 0.2) is 0 Å². The summed E-state index contributed by atoms with van der Waals surface area (Å²) in [5.41, 5.74) is 2.09. The van der Waals surface area contributed by atoms with Crippen LogP contribution in [0.1, 0.15) is 95.4 Å². The lowest BCUT2D eigenvalue weighted by Crippen LogP contribution is -2.36.